The topological polar surface area (TPSA) is 26.0 Å². The van der Waals surface area contributed by atoms with Crippen molar-refractivity contribution in [2.45, 2.75) is 0 Å². The minimum atomic E-state index is 0. The summed E-state index contributed by atoms with van der Waals surface area (Å²) in [5.74, 6) is 0. The molecule has 0 saturated carbocycles. The summed E-state index contributed by atoms with van der Waals surface area (Å²) in [5, 5.41) is 0.563. The van der Waals surface area contributed by atoms with Crippen LogP contribution in [0.5, 0.6) is 0 Å². The number of hydrogen-bond acceptors (Lipinski definition) is 1. The first-order valence-electron chi connectivity index (χ1n) is 2.22. The molecule has 0 fully saturated rings. The Morgan fingerprint density at radius 3 is 2.56 bits per heavy atom. The largest absolute Gasteiger partial charge is 0.418 e. The van der Waals surface area contributed by atoms with Gasteiger partial charge in [-0.25, -0.2) is 0 Å². The van der Waals surface area contributed by atoms with E-state index >= 15 is 0 Å². The van der Waals surface area contributed by atoms with Crippen molar-refractivity contribution in [3.63, 3.8) is 0 Å². The van der Waals surface area contributed by atoms with Crippen LogP contribution in [0, 0.1) is 6.07 Å². The first-order valence-corrected chi connectivity index (χ1v) is 2.60. The second-order valence-electron chi connectivity index (χ2n) is 1.43. The number of para-hydroxylation sites is 1. The Kier molecular flexibility index (Phi) is 3.69. The molecule has 0 spiro atoms. The van der Waals surface area contributed by atoms with E-state index in [-0.39, 0.29) is 16.8 Å². The van der Waals surface area contributed by atoms with Gasteiger partial charge in [0.05, 0.1) is 0 Å². The summed E-state index contributed by atoms with van der Waals surface area (Å²) in [6.45, 7) is 0. The van der Waals surface area contributed by atoms with Gasteiger partial charge in [0, 0.05) is 16.8 Å². The van der Waals surface area contributed by atoms with E-state index in [1.165, 1.54) is 0 Å². The van der Waals surface area contributed by atoms with Crippen molar-refractivity contribution in [1.82, 2.24) is 0 Å². The van der Waals surface area contributed by atoms with E-state index in [4.69, 9.17) is 17.3 Å². The summed E-state index contributed by atoms with van der Waals surface area (Å²) < 4.78 is 0. The number of hydrogen-bond donors (Lipinski definition) is 1. The second-order valence-corrected chi connectivity index (χ2v) is 1.84. The molecule has 2 N–H and O–H groups in total. The zero-order valence-corrected chi connectivity index (χ0v) is 6.32. The van der Waals surface area contributed by atoms with E-state index in [0.717, 1.165) is 0 Å². The Labute approximate surface area is 69.4 Å². The van der Waals surface area contributed by atoms with Gasteiger partial charge in [0.15, 0.2) is 0 Å². The quantitative estimate of drug-likeness (QED) is 0.483. The molecule has 0 aliphatic carbocycles. The van der Waals surface area contributed by atoms with Gasteiger partial charge in [0.2, 0.25) is 0 Å². The Morgan fingerprint density at radius 1 is 1.56 bits per heavy atom. The monoisotopic (exact) mass is 185 g/mol. The van der Waals surface area contributed by atoms with Gasteiger partial charge >= 0.3 is 0 Å². The van der Waals surface area contributed by atoms with Crippen LogP contribution in [-0.2, 0) is 16.8 Å². The minimum absolute atomic E-state index is 0. The van der Waals surface area contributed by atoms with Crippen LogP contribution in [0.3, 0.4) is 0 Å². The molecule has 0 amide bonds. The van der Waals surface area contributed by atoms with Gasteiger partial charge < -0.3 is 5.73 Å². The van der Waals surface area contributed by atoms with Gasteiger partial charge in [0.1, 0.15) is 0 Å². The molecule has 0 aliphatic rings. The average Bonchev–Trinajstić information content (AvgIpc) is 1.77. The Balaban J connectivity index is 0.000000640. The van der Waals surface area contributed by atoms with Crippen LogP contribution in [0.15, 0.2) is 18.2 Å². The van der Waals surface area contributed by atoms with Crippen LogP contribution < -0.4 is 5.73 Å². The third-order valence-electron chi connectivity index (χ3n) is 0.835. The summed E-state index contributed by atoms with van der Waals surface area (Å²) in [7, 11) is 0. The van der Waals surface area contributed by atoms with Crippen LogP contribution in [-0.4, -0.2) is 0 Å². The molecule has 1 radical (unpaired) electrons. The molecule has 3 heteroatoms. The summed E-state index contributed by atoms with van der Waals surface area (Å²) in [5.41, 5.74) is 5.84. The standard InChI is InChI=1S/C6H5ClN.Co/c7-5-3-1-2-4-6(5)8;/h1-3H,8H2;/q-1;. The van der Waals surface area contributed by atoms with Gasteiger partial charge in [-0.2, -0.15) is 35.9 Å². The minimum Gasteiger partial charge on any atom is -0.418 e. The van der Waals surface area contributed by atoms with Crippen molar-refractivity contribution < 1.29 is 16.8 Å². The summed E-state index contributed by atoms with van der Waals surface area (Å²) >= 11 is 5.55. The van der Waals surface area contributed by atoms with E-state index < -0.39 is 0 Å². The van der Waals surface area contributed by atoms with E-state index in [0.29, 0.717) is 10.7 Å². The van der Waals surface area contributed by atoms with Gasteiger partial charge in [0.25, 0.3) is 0 Å². The molecule has 0 saturated heterocycles. The third kappa shape index (κ3) is 2.26. The van der Waals surface area contributed by atoms with Gasteiger partial charge in [-0.1, -0.05) is 5.69 Å². The van der Waals surface area contributed by atoms with E-state index in [1.54, 1.807) is 18.2 Å². The van der Waals surface area contributed by atoms with Crippen molar-refractivity contribution in [2.75, 3.05) is 5.73 Å². The maximum atomic E-state index is 5.55. The molecule has 0 atom stereocenters. The van der Waals surface area contributed by atoms with Gasteiger partial charge in [-0.05, 0) is 5.02 Å². The molecular weight excluding hydrogens is 180 g/mol. The maximum Gasteiger partial charge on any atom is 0 e. The van der Waals surface area contributed by atoms with Gasteiger partial charge in [-0.15, -0.1) is 0 Å². The van der Waals surface area contributed by atoms with Crippen LogP contribution in [0.2, 0.25) is 5.02 Å². The third-order valence-corrected chi connectivity index (χ3v) is 1.16. The fraction of sp³-hybridized carbons (Fsp3) is 0. The number of benzene rings is 1. The summed E-state index contributed by atoms with van der Waals surface area (Å²) in [4.78, 5) is 0. The molecule has 1 aromatic carbocycles. The summed E-state index contributed by atoms with van der Waals surface area (Å²) in [6, 6.07) is 7.99. The first kappa shape index (κ1) is 8.82. The fourth-order valence-corrected chi connectivity index (χ4v) is 0.557. The Bertz CT molecular complexity index is 169. The maximum absolute atomic E-state index is 5.55. The number of nitrogen functional groups attached to an aromatic ring is 1. The normalized spacial score (nSPS) is 8.11. The van der Waals surface area contributed by atoms with Gasteiger partial charge in [-0.3, -0.25) is 0 Å². The van der Waals surface area contributed by atoms with Crippen molar-refractivity contribution in [3.05, 3.63) is 29.3 Å². The predicted molar refractivity (Wildman–Crippen MR) is 34.7 cm³/mol. The van der Waals surface area contributed by atoms with E-state index in [2.05, 4.69) is 6.07 Å². The van der Waals surface area contributed by atoms with Crippen molar-refractivity contribution in [2.24, 2.45) is 0 Å². The van der Waals surface area contributed by atoms with Crippen LogP contribution in [0.4, 0.5) is 5.69 Å². The molecule has 1 rings (SSSR count). The molecule has 0 bridgehead atoms. The number of anilines is 1. The average molecular weight is 185 g/mol. The number of halogens is 1. The zero-order valence-electron chi connectivity index (χ0n) is 4.52. The molecule has 1 nitrogen and oxygen atoms in total. The number of nitrogens with two attached hydrogens (primary N) is 1. The molecule has 51 valence electrons. The van der Waals surface area contributed by atoms with Crippen molar-refractivity contribution in [3.8, 4) is 0 Å². The fourth-order valence-electron chi connectivity index (χ4n) is 0.429. The first-order chi connectivity index (χ1) is 3.80. The molecule has 0 heterocycles. The molecular formula is C6H5ClCoN-. The molecule has 9 heavy (non-hydrogen) atoms. The smallest absolute Gasteiger partial charge is 0 e. The van der Waals surface area contributed by atoms with Crippen molar-refractivity contribution >= 4 is 17.3 Å². The van der Waals surface area contributed by atoms with Crippen LogP contribution >= 0.6 is 11.6 Å². The second kappa shape index (κ2) is 3.77. The number of rotatable bonds is 0. The molecule has 0 unspecified atom stereocenters. The summed E-state index contributed by atoms with van der Waals surface area (Å²) in [6.07, 6.45) is 0. The zero-order chi connectivity index (χ0) is 5.98. The van der Waals surface area contributed by atoms with E-state index in [9.17, 15) is 0 Å². The molecule has 1 aromatic rings. The van der Waals surface area contributed by atoms with Crippen LogP contribution in [0.25, 0.3) is 0 Å². The molecule has 0 aromatic heterocycles. The van der Waals surface area contributed by atoms with Crippen LogP contribution in [0.1, 0.15) is 0 Å². The molecule has 0 aliphatic heterocycles. The Hall–Kier alpha value is -0.184. The predicted octanol–water partition coefficient (Wildman–Crippen LogP) is 1.72. The van der Waals surface area contributed by atoms with Crippen molar-refractivity contribution in [1.29, 1.82) is 0 Å². The SMILES string of the molecule is Nc1[c-]cccc1Cl.[Co]. The van der Waals surface area contributed by atoms with E-state index in [1.807, 2.05) is 0 Å². The Morgan fingerprint density at radius 2 is 2.22 bits per heavy atom.